The molecule has 3 aromatic carbocycles. The lowest BCUT2D eigenvalue weighted by Gasteiger charge is -2.20. The van der Waals surface area contributed by atoms with Crippen molar-refractivity contribution in [2.24, 2.45) is 0 Å². The summed E-state index contributed by atoms with van der Waals surface area (Å²) in [6.45, 7) is 7.19. The van der Waals surface area contributed by atoms with E-state index in [1.54, 1.807) is 30.3 Å². The van der Waals surface area contributed by atoms with E-state index < -0.39 is 0 Å². The third kappa shape index (κ3) is 9.92. The maximum absolute atomic E-state index is 12.6. The Morgan fingerprint density at radius 2 is 1.56 bits per heavy atom. The number of nitrogens with one attached hydrogen (secondary N) is 1. The van der Waals surface area contributed by atoms with Gasteiger partial charge in [-0.25, -0.2) is 4.79 Å². The average Bonchev–Trinajstić information content (AvgIpc) is 2.95. The number of anilines is 3. The Morgan fingerprint density at radius 1 is 0.902 bits per heavy atom. The molecule has 3 N–H and O–H groups in total. The van der Waals surface area contributed by atoms with Gasteiger partial charge in [0.2, 0.25) is 0 Å². The van der Waals surface area contributed by atoms with Crippen LogP contribution in [0.25, 0.3) is 0 Å². The monoisotopic (exact) mass is 663 g/mol. The molecule has 0 atom stereocenters. The Morgan fingerprint density at radius 3 is 2.24 bits per heavy atom. The Bertz CT molecular complexity index is 1310. The van der Waals surface area contributed by atoms with Crippen molar-refractivity contribution >= 4 is 68.1 Å². The number of carbonyl (C=O) groups is 2. The second kappa shape index (κ2) is 16.6. The highest BCUT2D eigenvalue weighted by atomic mass is 79.9. The second-order valence-electron chi connectivity index (χ2n) is 9.46. The van der Waals surface area contributed by atoms with Gasteiger partial charge in [-0.2, -0.15) is 0 Å². The van der Waals surface area contributed by atoms with Gasteiger partial charge in [0.25, 0.3) is 0 Å². The fourth-order valence-electron chi connectivity index (χ4n) is 4.18. The van der Waals surface area contributed by atoms with Gasteiger partial charge in [-0.05, 0) is 89.7 Å². The number of nitrogens with two attached hydrogens (primary N) is 1. The van der Waals surface area contributed by atoms with Crippen molar-refractivity contribution in [3.8, 4) is 0 Å². The van der Waals surface area contributed by atoms with Gasteiger partial charge in [0.15, 0.2) is 0 Å². The second-order valence-corrected chi connectivity index (χ2v) is 11.1. The first-order chi connectivity index (χ1) is 19.7. The molecule has 41 heavy (non-hydrogen) atoms. The molecule has 3 rings (SSSR count). The van der Waals surface area contributed by atoms with E-state index in [1.807, 2.05) is 24.3 Å². The van der Waals surface area contributed by atoms with E-state index in [0.717, 1.165) is 36.3 Å². The smallest absolute Gasteiger partial charge is 0.338 e. The number of hydrogen-bond acceptors (Lipinski definition) is 7. The summed E-state index contributed by atoms with van der Waals surface area (Å²) in [5.74, 6) is -0.714. The van der Waals surface area contributed by atoms with Gasteiger partial charge in [0, 0.05) is 16.7 Å². The highest BCUT2D eigenvalue weighted by Crippen LogP contribution is 2.33. The predicted octanol–water partition coefficient (Wildman–Crippen LogP) is 8.04. The molecule has 220 valence electrons. The molecule has 0 radical (unpaired) electrons. The van der Waals surface area contributed by atoms with Crippen molar-refractivity contribution in [3.05, 3.63) is 85.8 Å². The zero-order valence-corrected chi connectivity index (χ0v) is 26.4. The Balaban J connectivity index is 1.40. The van der Waals surface area contributed by atoms with E-state index in [9.17, 15) is 9.59 Å². The van der Waals surface area contributed by atoms with Crippen LogP contribution in [0.3, 0.4) is 0 Å². The standard InChI is InChI=1S/C31H36BrCl2N3O4/c1-3-37(4-2)20-23-17-22(18-24(32)29(23)35)31(39)41-16-9-5-8-15-40-28(38)19-21-11-6-7-14-27(21)36-30-25(33)12-10-13-26(30)34/h6-7,10-14,17-18,36H,3-5,8-9,15-16,19-20,35H2,1-2H3. The summed E-state index contributed by atoms with van der Waals surface area (Å²) < 4.78 is 11.6. The molecule has 0 aliphatic rings. The molecule has 0 spiro atoms. The summed E-state index contributed by atoms with van der Waals surface area (Å²) in [5.41, 5.74) is 10.3. The van der Waals surface area contributed by atoms with Gasteiger partial charge in [0.05, 0.1) is 46.6 Å². The van der Waals surface area contributed by atoms with Gasteiger partial charge < -0.3 is 20.5 Å². The summed E-state index contributed by atoms with van der Waals surface area (Å²) in [7, 11) is 0. The maximum Gasteiger partial charge on any atom is 0.338 e. The number of ether oxygens (including phenoxy) is 2. The van der Waals surface area contributed by atoms with Crippen LogP contribution in [-0.2, 0) is 27.2 Å². The largest absolute Gasteiger partial charge is 0.465 e. The van der Waals surface area contributed by atoms with Crippen molar-refractivity contribution in [2.45, 2.75) is 46.1 Å². The van der Waals surface area contributed by atoms with Crippen LogP contribution >= 0.6 is 39.1 Å². The topological polar surface area (TPSA) is 93.9 Å². The van der Waals surface area contributed by atoms with Gasteiger partial charge in [0.1, 0.15) is 0 Å². The summed E-state index contributed by atoms with van der Waals surface area (Å²) >= 11 is 16.0. The van der Waals surface area contributed by atoms with Gasteiger partial charge in [-0.15, -0.1) is 0 Å². The normalized spacial score (nSPS) is 11.0. The summed E-state index contributed by atoms with van der Waals surface area (Å²) in [6.07, 6.45) is 2.19. The minimum Gasteiger partial charge on any atom is -0.465 e. The van der Waals surface area contributed by atoms with Crippen LogP contribution in [0.5, 0.6) is 0 Å². The number of benzene rings is 3. The Hall–Kier alpha value is -2.78. The molecule has 3 aromatic rings. The van der Waals surface area contributed by atoms with Crippen molar-refractivity contribution in [2.75, 3.05) is 37.4 Å². The highest BCUT2D eigenvalue weighted by molar-refractivity contribution is 9.10. The number of hydrogen-bond donors (Lipinski definition) is 2. The molecule has 0 aromatic heterocycles. The number of rotatable bonds is 15. The van der Waals surface area contributed by atoms with Crippen molar-refractivity contribution < 1.29 is 19.1 Å². The van der Waals surface area contributed by atoms with Crippen LogP contribution in [0.15, 0.2) is 59.1 Å². The molecular weight excluding hydrogens is 629 g/mol. The van der Waals surface area contributed by atoms with Gasteiger partial charge >= 0.3 is 11.9 Å². The van der Waals surface area contributed by atoms with Crippen LogP contribution < -0.4 is 11.1 Å². The predicted molar refractivity (Wildman–Crippen MR) is 170 cm³/mol. The first kappa shape index (κ1) is 32.7. The SMILES string of the molecule is CCN(CC)Cc1cc(C(=O)OCCCCCOC(=O)Cc2ccccc2Nc2c(Cl)cccc2Cl)cc(Br)c1N. The summed E-state index contributed by atoms with van der Waals surface area (Å²) in [4.78, 5) is 27.3. The molecule has 0 saturated heterocycles. The lowest BCUT2D eigenvalue weighted by Crippen LogP contribution is -2.23. The average molecular weight is 665 g/mol. The van der Waals surface area contributed by atoms with Crippen molar-refractivity contribution in [3.63, 3.8) is 0 Å². The minimum absolute atomic E-state index is 0.107. The number of halogens is 3. The van der Waals surface area contributed by atoms with E-state index in [-0.39, 0.29) is 25.0 Å². The molecule has 7 nitrogen and oxygen atoms in total. The summed E-state index contributed by atoms with van der Waals surface area (Å²) in [6, 6.07) is 16.2. The maximum atomic E-state index is 12.6. The lowest BCUT2D eigenvalue weighted by atomic mass is 10.1. The van der Waals surface area contributed by atoms with Crippen LogP contribution in [0.1, 0.15) is 54.6 Å². The first-order valence-electron chi connectivity index (χ1n) is 13.6. The molecule has 0 aliphatic carbocycles. The minimum atomic E-state index is -0.386. The summed E-state index contributed by atoms with van der Waals surface area (Å²) in [5, 5.41) is 4.20. The third-order valence-electron chi connectivity index (χ3n) is 6.60. The van der Waals surface area contributed by atoms with E-state index in [4.69, 9.17) is 38.4 Å². The fourth-order valence-corrected chi connectivity index (χ4v) is 5.17. The van der Waals surface area contributed by atoms with Crippen LogP contribution in [-0.4, -0.2) is 43.1 Å². The van der Waals surface area contributed by atoms with Crippen LogP contribution in [0, 0.1) is 0 Å². The van der Waals surface area contributed by atoms with E-state index in [2.05, 4.69) is 40.0 Å². The number of para-hydroxylation sites is 2. The molecule has 10 heteroatoms. The van der Waals surface area contributed by atoms with Crippen molar-refractivity contribution in [1.29, 1.82) is 0 Å². The van der Waals surface area contributed by atoms with Gasteiger partial charge in [-0.1, -0.05) is 61.3 Å². The van der Waals surface area contributed by atoms with E-state index in [1.165, 1.54) is 0 Å². The molecule has 0 bridgehead atoms. The van der Waals surface area contributed by atoms with Crippen LogP contribution in [0.4, 0.5) is 17.1 Å². The molecule has 0 saturated carbocycles. The Labute approximate surface area is 260 Å². The number of nitrogens with zero attached hydrogens (tertiary/aromatic N) is 1. The van der Waals surface area contributed by atoms with E-state index in [0.29, 0.717) is 57.4 Å². The van der Waals surface area contributed by atoms with Crippen molar-refractivity contribution in [1.82, 2.24) is 4.90 Å². The molecule has 0 fully saturated rings. The first-order valence-corrected chi connectivity index (χ1v) is 15.2. The number of nitrogen functional groups attached to an aromatic ring is 1. The van der Waals surface area contributed by atoms with Gasteiger partial charge in [-0.3, -0.25) is 9.69 Å². The molecule has 0 amide bonds. The number of carbonyl (C=O) groups excluding carboxylic acids is 2. The van der Waals surface area contributed by atoms with Crippen LogP contribution in [0.2, 0.25) is 10.0 Å². The fraction of sp³-hybridized carbons (Fsp3) is 0.355. The lowest BCUT2D eigenvalue weighted by molar-refractivity contribution is -0.142. The zero-order chi connectivity index (χ0) is 29.8. The Kier molecular flexibility index (Phi) is 13.3. The quantitative estimate of drug-likeness (QED) is 0.0965. The number of esters is 2. The van der Waals surface area contributed by atoms with E-state index >= 15 is 0 Å². The number of unbranched alkanes of at least 4 members (excludes halogenated alkanes) is 2. The molecular formula is C31H36BrCl2N3O4. The molecule has 0 unspecified atom stereocenters. The molecule has 0 heterocycles. The third-order valence-corrected chi connectivity index (χ3v) is 7.88. The zero-order valence-electron chi connectivity index (χ0n) is 23.4. The molecule has 0 aliphatic heterocycles. The highest BCUT2D eigenvalue weighted by Gasteiger charge is 2.15.